The molecule has 0 spiro atoms. The van der Waals surface area contributed by atoms with Crippen LogP contribution in [0.1, 0.15) is 41.6 Å². The van der Waals surface area contributed by atoms with Gasteiger partial charge in [0.05, 0.1) is 37.6 Å². The van der Waals surface area contributed by atoms with E-state index in [1.807, 2.05) is 41.3 Å². The third kappa shape index (κ3) is 5.11. The molecule has 2 aromatic heterocycles. The third-order valence-corrected chi connectivity index (χ3v) is 9.11. The number of likely N-dealkylation sites (tertiary alicyclic amines) is 1. The highest BCUT2D eigenvalue weighted by molar-refractivity contribution is 5.97. The summed E-state index contributed by atoms with van der Waals surface area (Å²) in [6.45, 7) is 2.59. The fourth-order valence-electron chi connectivity index (χ4n) is 6.77. The number of pyridine rings is 1. The van der Waals surface area contributed by atoms with Crippen molar-refractivity contribution in [1.82, 2.24) is 9.88 Å². The monoisotopic (exact) mass is 579 g/mol. The number of aliphatic hydroxyl groups excluding tert-OH is 1. The van der Waals surface area contributed by atoms with Crippen LogP contribution in [0.4, 0.5) is 0 Å². The Morgan fingerprint density at radius 2 is 1.88 bits per heavy atom. The zero-order valence-corrected chi connectivity index (χ0v) is 24.0. The molecule has 1 aliphatic carbocycles. The predicted octanol–water partition coefficient (Wildman–Crippen LogP) is 5.44. The molecule has 3 atom stereocenters. The first-order chi connectivity index (χ1) is 21.0. The van der Waals surface area contributed by atoms with Crippen molar-refractivity contribution in [3.63, 3.8) is 0 Å². The summed E-state index contributed by atoms with van der Waals surface area (Å²) >= 11 is 0. The second-order valence-electron chi connectivity index (χ2n) is 11.6. The van der Waals surface area contributed by atoms with Gasteiger partial charge in [-0.15, -0.1) is 0 Å². The van der Waals surface area contributed by atoms with Gasteiger partial charge < -0.3 is 28.6 Å². The standard InChI is InChI=1S/C34H33N3O6/c1-40-31-15-21(34(39)37-18-22-3-6-29(38)27(22)19-37)2-5-26(31)32-16-28-33(43-32)25(8-11-36-28)20-4-7-30(23(14-20)17-35)42-24-9-12-41-13-10-24/h2,4-5,7-8,11,14-16,22,24,27,29,38H,3,6,9-10,12-13,18-19H2,1H3. The predicted molar refractivity (Wildman–Crippen MR) is 159 cm³/mol. The maximum atomic E-state index is 13.3. The van der Waals surface area contributed by atoms with E-state index in [1.165, 1.54) is 0 Å². The number of methoxy groups -OCH3 is 1. The molecule has 220 valence electrons. The molecule has 9 heteroatoms. The fraction of sp³-hybridized carbons (Fsp3) is 0.382. The van der Waals surface area contributed by atoms with E-state index >= 15 is 0 Å². The van der Waals surface area contributed by atoms with E-state index in [4.69, 9.17) is 18.6 Å². The van der Waals surface area contributed by atoms with Crippen LogP contribution in [0.25, 0.3) is 33.6 Å². The lowest BCUT2D eigenvalue weighted by molar-refractivity contribution is 0.0254. The van der Waals surface area contributed by atoms with Crippen LogP contribution in [-0.2, 0) is 4.74 Å². The Labute approximate surface area is 249 Å². The molecule has 1 amide bonds. The number of ether oxygens (including phenoxy) is 3. The summed E-state index contributed by atoms with van der Waals surface area (Å²) in [6.07, 6.45) is 4.82. The van der Waals surface area contributed by atoms with E-state index in [9.17, 15) is 15.2 Å². The van der Waals surface area contributed by atoms with Gasteiger partial charge >= 0.3 is 0 Å². The topological polar surface area (TPSA) is 118 Å². The molecule has 4 heterocycles. The Balaban J connectivity index is 1.17. The molecule has 43 heavy (non-hydrogen) atoms. The van der Waals surface area contributed by atoms with Gasteiger partial charge in [-0.2, -0.15) is 5.26 Å². The third-order valence-electron chi connectivity index (χ3n) is 9.11. The molecule has 3 unspecified atom stereocenters. The van der Waals surface area contributed by atoms with Gasteiger partial charge in [-0.3, -0.25) is 9.78 Å². The van der Waals surface area contributed by atoms with E-state index in [0.29, 0.717) is 77.3 Å². The summed E-state index contributed by atoms with van der Waals surface area (Å²) in [4.78, 5) is 19.7. The lowest BCUT2D eigenvalue weighted by Crippen LogP contribution is -2.31. The maximum absolute atomic E-state index is 13.3. The van der Waals surface area contributed by atoms with Crippen LogP contribution in [0.3, 0.4) is 0 Å². The second-order valence-corrected chi connectivity index (χ2v) is 11.6. The molecule has 3 fully saturated rings. The van der Waals surface area contributed by atoms with Gasteiger partial charge in [0.2, 0.25) is 0 Å². The van der Waals surface area contributed by atoms with Crippen molar-refractivity contribution < 1.29 is 28.5 Å². The molecular formula is C34H33N3O6. The molecule has 0 radical (unpaired) electrons. The Bertz CT molecular complexity index is 1720. The number of amides is 1. The van der Waals surface area contributed by atoms with Crippen LogP contribution >= 0.6 is 0 Å². The molecule has 9 nitrogen and oxygen atoms in total. The molecule has 1 N–H and O–H groups in total. The Kier molecular flexibility index (Phi) is 7.25. The molecule has 0 bridgehead atoms. The highest BCUT2D eigenvalue weighted by Gasteiger charge is 2.43. The van der Waals surface area contributed by atoms with E-state index in [2.05, 4.69) is 11.1 Å². The Hall–Kier alpha value is -4.39. The number of nitriles is 1. The van der Waals surface area contributed by atoms with Gasteiger partial charge in [-0.25, -0.2) is 0 Å². The van der Waals surface area contributed by atoms with Crippen molar-refractivity contribution in [3.8, 4) is 40.0 Å². The van der Waals surface area contributed by atoms with Gasteiger partial charge in [-0.1, -0.05) is 6.07 Å². The quantitative estimate of drug-likeness (QED) is 0.321. The van der Waals surface area contributed by atoms with Crippen molar-refractivity contribution in [1.29, 1.82) is 5.26 Å². The SMILES string of the molecule is COc1cc(C(=O)N2CC3CCC(O)C3C2)ccc1-c1cc2nccc(-c3ccc(OC4CCOCC4)c(C#N)c3)c2o1. The molecule has 2 saturated heterocycles. The molecule has 4 aromatic rings. The minimum absolute atomic E-state index is 0.0338. The lowest BCUT2D eigenvalue weighted by atomic mass is 10.00. The van der Waals surface area contributed by atoms with Gasteiger partial charge in [0.25, 0.3) is 5.91 Å². The number of hydrogen-bond donors (Lipinski definition) is 1. The minimum Gasteiger partial charge on any atom is -0.496 e. The Morgan fingerprint density at radius 1 is 1.02 bits per heavy atom. The van der Waals surface area contributed by atoms with Crippen LogP contribution in [0.5, 0.6) is 11.5 Å². The van der Waals surface area contributed by atoms with Crippen LogP contribution < -0.4 is 9.47 Å². The van der Waals surface area contributed by atoms with Gasteiger partial charge in [0.1, 0.15) is 34.9 Å². The molecule has 3 aliphatic rings. The number of aromatic nitrogens is 1. The molecule has 1 saturated carbocycles. The van der Waals surface area contributed by atoms with E-state index < -0.39 is 0 Å². The first-order valence-corrected chi connectivity index (χ1v) is 14.9. The number of furan rings is 1. The smallest absolute Gasteiger partial charge is 0.254 e. The summed E-state index contributed by atoms with van der Waals surface area (Å²) in [6, 6.07) is 17.0. The highest BCUT2D eigenvalue weighted by Crippen LogP contribution is 2.41. The first kappa shape index (κ1) is 27.4. The number of carbonyl (C=O) groups is 1. The van der Waals surface area contributed by atoms with E-state index in [1.54, 1.807) is 25.4 Å². The van der Waals surface area contributed by atoms with E-state index in [0.717, 1.165) is 36.8 Å². The summed E-state index contributed by atoms with van der Waals surface area (Å²) < 4.78 is 23.6. The number of carbonyl (C=O) groups excluding carboxylic acids is 1. The van der Waals surface area contributed by atoms with Crippen molar-refractivity contribution in [2.24, 2.45) is 11.8 Å². The summed E-state index contributed by atoms with van der Waals surface area (Å²) in [7, 11) is 1.57. The summed E-state index contributed by atoms with van der Waals surface area (Å²) in [5.74, 6) is 2.13. The zero-order chi connectivity index (χ0) is 29.5. The largest absolute Gasteiger partial charge is 0.496 e. The average Bonchev–Trinajstić information content (AvgIpc) is 3.77. The van der Waals surface area contributed by atoms with Gasteiger partial charge in [-0.05, 0) is 60.7 Å². The molecule has 7 rings (SSSR count). The van der Waals surface area contributed by atoms with Crippen molar-refractivity contribution in [2.75, 3.05) is 33.4 Å². The zero-order valence-electron chi connectivity index (χ0n) is 24.0. The van der Waals surface area contributed by atoms with E-state index in [-0.39, 0.29) is 24.0 Å². The highest BCUT2D eigenvalue weighted by atomic mass is 16.5. The maximum Gasteiger partial charge on any atom is 0.254 e. The van der Waals surface area contributed by atoms with Gasteiger partial charge in [0.15, 0.2) is 5.58 Å². The number of benzene rings is 2. The lowest BCUT2D eigenvalue weighted by Gasteiger charge is -2.23. The molecular weight excluding hydrogens is 546 g/mol. The number of aliphatic hydroxyl groups is 1. The summed E-state index contributed by atoms with van der Waals surface area (Å²) in [5, 5.41) is 20.2. The first-order valence-electron chi connectivity index (χ1n) is 14.9. The van der Waals surface area contributed by atoms with Crippen molar-refractivity contribution in [3.05, 3.63) is 65.9 Å². The number of hydrogen-bond acceptors (Lipinski definition) is 8. The van der Waals surface area contributed by atoms with Crippen LogP contribution in [0.15, 0.2) is 59.1 Å². The van der Waals surface area contributed by atoms with Crippen LogP contribution in [0, 0.1) is 23.2 Å². The Morgan fingerprint density at radius 3 is 2.67 bits per heavy atom. The number of fused-ring (bicyclic) bond motifs is 2. The number of nitrogens with zero attached hydrogens (tertiary/aromatic N) is 3. The summed E-state index contributed by atoms with van der Waals surface area (Å²) in [5.41, 5.74) is 4.57. The molecule has 2 aliphatic heterocycles. The average molecular weight is 580 g/mol. The molecule has 2 aromatic carbocycles. The van der Waals surface area contributed by atoms with Gasteiger partial charge in [0, 0.05) is 55.2 Å². The van der Waals surface area contributed by atoms with Crippen molar-refractivity contribution >= 4 is 17.0 Å². The van der Waals surface area contributed by atoms with Crippen LogP contribution in [0.2, 0.25) is 0 Å². The fourth-order valence-corrected chi connectivity index (χ4v) is 6.77. The number of rotatable bonds is 6. The van der Waals surface area contributed by atoms with Crippen LogP contribution in [-0.4, -0.2) is 66.5 Å². The normalized spacial score (nSPS) is 22.0. The second kappa shape index (κ2) is 11.4. The van der Waals surface area contributed by atoms with Crippen molar-refractivity contribution in [2.45, 2.75) is 37.9 Å². The minimum atomic E-state index is -0.318.